The lowest BCUT2D eigenvalue weighted by molar-refractivity contribution is -0.133. The Hall–Kier alpha value is -1.97. The zero-order chi connectivity index (χ0) is 24.8. The van der Waals surface area contributed by atoms with Crippen LogP contribution in [0.4, 0.5) is 19.0 Å². The Balaban J connectivity index is 1.19. The van der Waals surface area contributed by atoms with E-state index in [0.717, 1.165) is 69.9 Å². The zero-order valence-electron chi connectivity index (χ0n) is 19.5. The number of anilines is 1. The van der Waals surface area contributed by atoms with Crippen molar-refractivity contribution in [1.29, 1.82) is 0 Å². The summed E-state index contributed by atoms with van der Waals surface area (Å²) in [5.41, 5.74) is -3.25. The zero-order valence-corrected chi connectivity index (χ0v) is 21.1. The van der Waals surface area contributed by atoms with E-state index in [9.17, 15) is 18.0 Å². The smallest absolute Gasteiger partial charge is 0.354 e. The number of nitrogens with zero attached hydrogens (tertiary/aromatic N) is 4. The Bertz CT molecular complexity index is 966. The molecule has 2 aromatic rings. The predicted molar refractivity (Wildman–Crippen MR) is 134 cm³/mol. The van der Waals surface area contributed by atoms with E-state index in [4.69, 9.17) is 11.6 Å². The number of carbonyl (C=O) groups is 1. The molecule has 1 amide bonds. The molecule has 3 heterocycles. The molecule has 0 N–H and O–H groups in total. The summed E-state index contributed by atoms with van der Waals surface area (Å²) in [5.74, 6) is 1.45. The SMILES string of the molecule is O=C(CCN1CCN(c2ccc(Cl)cn2)CC1)N1CCC[C@H](Cc2ccc(SC(F)(F)F)cc2)C1. The lowest BCUT2D eigenvalue weighted by atomic mass is 9.91. The van der Waals surface area contributed by atoms with Gasteiger partial charge in [0.05, 0.1) is 5.02 Å². The molecule has 4 rings (SSSR count). The second-order valence-electron chi connectivity index (χ2n) is 9.16. The molecule has 0 radical (unpaired) electrons. The van der Waals surface area contributed by atoms with Crippen molar-refractivity contribution in [2.24, 2.45) is 5.92 Å². The van der Waals surface area contributed by atoms with Crippen LogP contribution >= 0.6 is 23.4 Å². The van der Waals surface area contributed by atoms with Gasteiger partial charge in [0.25, 0.3) is 0 Å². The molecule has 1 aromatic carbocycles. The van der Waals surface area contributed by atoms with E-state index in [0.29, 0.717) is 23.9 Å². The fourth-order valence-corrected chi connectivity index (χ4v) is 5.44. The van der Waals surface area contributed by atoms with Gasteiger partial charge in [-0.05, 0) is 66.8 Å². The minimum Gasteiger partial charge on any atom is -0.354 e. The minimum absolute atomic E-state index is 0.0911. The van der Waals surface area contributed by atoms with Crippen LogP contribution < -0.4 is 4.90 Å². The number of hydrogen-bond donors (Lipinski definition) is 0. The van der Waals surface area contributed by atoms with Crippen molar-refractivity contribution in [2.75, 3.05) is 50.7 Å². The van der Waals surface area contributed by atoms with Crippen molar-refractivity contribution < 1.29 is 18.0 Å². The lowest BCUT2D eigenvalue weighted by Crippen LogP contribution is -2.48. The molecule has 0 aliphatic carbocycles. The molecule has 1 atom stereocenters. The standard InChI is InChI=1S/C25H30ClF3N4OS/c26-21-5-8-23(30-17-21)32-14-12-31(13-15-32)11-9-24(34)33-10-1-2-20(18-33)16-19-3-6-22(7-4-19)35-25(27,28)29/h3-8,17,20H,1-2,9-16,18H2/t20-/m1/s1. The first-order valence-corrected chi connectivity index (χ1v) is 13.2. The van der Waals surface area contributed by atoms with Gasteiger partial charge in [-0.2, -0.15) is 13.2 Å². The molecular formula is C25H30ClF3N4OS. The van der Waals surface area contributed by atoms with Crippen molar-refractivity contribution in [2.45, 2.75) is 36.1 Å². The van der Waals surface area contributed by atoms with Crippen LogP contribution in [0, 0.1) is 5.92 Å². The Morgan fingerprint density at radius 3 is 2.46 bits per heavy atom. The third-order valence-corrected chi connectivity index (χ3v) is 7.57. The maximum Gasteiger partial charge on any atom is 0.446 e. The van der Waals surface area contributed by atoms with E-state index < -0.39 is 5.51 Å². The molecule has 2 saturated heterocycles. The topological polar surface area (TPSA) is 39.7 Å². The predicted octanol–water partition coefficient (Wildman–Crippen LogP) is 5.34. The van der Waals surface area contributed by atoms with E-state index in [2.05, 4.69) is 14.8 Å². The van der Waals surface area contributed by atoms with Crippen LogP contribution in [-0.2, 0) is 11.2 Å². The first kappa shape index (κ1) is 26.1. The summed E-state index contributed by atoms with van der Waals surface area (Å²) in [7, 11) is 0. The Labute approximate surface area is 213 Å². The summed E-state index contributed by atoms with van der Waals surface area (Å²) in [6.07, 6.45) is 4.95. The highest BCUT2D eigenvalue weighted by Crippen LogP contribution is 2.37. The van der Waals surface area contributed by atoms with Gasteiger partial charge in [-0.3, -0.25) is 9.69 Å². The molecular weight excluding hydrogens is 497 g/mol. The molecule has 0 spiro atoms. The number of pyridine rings is 1. The van der Waals surface area contributed by atoms with Crippen LogP contribution in [0.2, 0.25) is 5.02 Å². The van der Waals surface area contributed by atoms with Crippen molar-refractivity contribution in [1.82, 2.24) is 14.8 Å². The largest absolute Gasteiger partial charge is 0.446 e. The van der Waals surface area contributed by atoms with Gasteiger partial charge in [-0.15, -0.1) is 0 Å². The highest BCUT2D eigenvalue weighted by Gasteiger charge is 2.29. The number of aromatic nitrogens is 1. The molecule has 2 aliphatic heterocycles. The first-order chi connectivity index (χ1) is 16.7. The number of thioether (sulfide) groups is 1. The lowest BCUT2D eigenvalue weighted by Gasteiger charge is -2.36. The van der Waals surface area contributed by atoms with Gasteiger partial charge in [0.1, 0.15) is 5.82 Å². The maximum absolute atomic E-state index is 12.9. The highest BCUT2D eigenvalue weighted by atomic mass is 35.5. The van der Waals surface area contributed by atoms with E-state index in [1.165, 1.54) is 12.1 Å². The number of amides is 1. The van der Waals surface area contributed by atoms with Gasteiger partial charge in [-0.25, -0.2) is 4.98 Å². The van der Waals surface area contributed by atoms with Crippen LogP contribution in [-0.4, -0.2) is 72.0 Å². The van der Waals surface area contributed by atoms with E-state index in [1.807, 2.05) is 17.0 Å². The van der Waals surface area contributed by atoms with Gasteiger partial charge in [0.15, 0.2) is 0 Å². The van der Waals surface area contributed by atoms with Crippen LogP contribution in [0.5, 0.6) is 0 Å². The summed E-state index contributed by atoms with van der Waals surface area (Å²) in [6, 6.07) is 10.4. The Morgan fingerprint density at radius 2 is 1.80 bits per heavy atom. The summed E-state index contributed by atoms with van der Waals surface area (Å²) in [5, 5.41) is 0.629. The third-order valence-electron chi connectivity index (χ3n) is 6.60. The molecule has 2 fully saturated rings. The molecule has 2 aliphatic rings. The number of halogens is 4. The first-order valence-electron chi connectivity index (χ1n) is 12.0. The van der Waals surface area contributed by atoms with Crippen molar-refractivity contribution in [3.63, 3.8) is 0 Å². The van der Waals surface area contributed by atoms with Gasteiger partial charge in [-0.1, -0.05) is 23.7 Å². The summed E-state index contributed by atoms with van der Waals surface area (Å²) >= 11 is 5.83. The molecule has 0 bridgehead atoms. The number of piperazine rings is 1. The average Bonchev–Trinajstić information content (AvgIpc) is 2.84. The van der Waals surface area contributed by atoms with E-state index >= 15 is 0 Å². The average molecular weight is 527 g/mol. The number of hydrogen-bond acceptors (Lipinski definition) is 5. The fourth-order valence-electron chi connectivity index (χ4n) is 4.79. The van der Waals surface area contributed by atoms with Gasteiger partial charge < -0.3 is 9.80 Å². The van der Waals surface area contributed by atoms with Crippen LogP contribution in [0.15, 0.2) is 47.5 Å². The van der Waals surface area contributed by atoms with Crippen molar-refractivity contribution in [3.05, 3.63) is 53.2 Å². The summed E-state index contributed by atoms with van der Waals surface area (Å²) < 4.78 is 37.6. The number of benzene rings is 1. The quantitative estimate of drug-likeness (QED) is 0.455. The normalized spacial score (nSPS) is 19.7. The van der Waals surface area contributed by atoms with Crippen molar-refractivity contribution in [3.8, 4) is 0 Å². The third kappa shape index (κ3) is 8.02. The molecule has 10 heteroatoms. The maximum atomic E-state index is 12.9. The Kier molecular flexibility index (Phi) is 8.83. The summed E-state index contributed by atoms with van der Waals surface area (Å²) in [4.78, 5) is 24.0. The van der Waals surface area contributed by atoms with Crippen molar-refractivity contribution >= 4 is 35.1 Å². The van der Waals surface area contributed by atoms with Gasteiger partial charge in [0.2, 0.25) is 5.91 Å². The highest BCUT2D eigenvalue weighted by molar-refractivity contribution is 8.00. The van der Waals surface area contributed by atoms with Crippen LogP contribution in [0.1, 0.15) is 24.8 Å². The Morgan fingerprint density at radius 1 is 1.06 bits per heavy atom. The second kappa shape index (κ2) is 11.8. The van der Waals surface area contributed by atoms with Gasteiger partial charge >= 0.3 is 5.51 Å². The fraction of sp³-hybridized carbons (Fsp3) is 0.520. The minimum atomic E-state index is -4.27. The molecule has 0 saturated carbocycles. The van der Waals surface area contributed by atoms with Gasteiger partial charge in [0, 0.05) is 63.3 Å². The number of alkyl halides is 3. The molecule has 1 aromatic heterocycles. The van der Waals surface area contributed by atoms with E-state index in [1.54, 1.807) is 18.3 Å². The second-order valence-corrected chi connectivity index (χ2v) is 10.7. The molecule has 0 unspecified atom stereocenters. The van der Waals surface area contributed by atoms with Crippen LogP contribution in [0.25, 0.3) is 0 Å². The molecule has 5 nitrogen and oxygen atoms in total. The number of likely N-dealkylation sites (tertiary alicyclic amines) is 1. The van der Waals surface area contributed by atoms with Crippen LogP contribution in [0.3, 0.4) is 0 Å². The molecule has 190 valence electrons. The number of rotatable bonds is 7. The number of piperidine rings is 1. The number of carbonyl (C=O) groups excluding carboxylic acids is 1. The summed E-state index contributed by atoms with van der Waals surface area (Å²) in [6.45, 7) is 5.77. The van der Waals surface area contributed by atoms with E-state index in [-0.39, 0.29) is 22.6 Å². The monoisotopic (exact) mass is 526 g/mol. The molecule has 35 heavy (non-hydrogen) atoms.